The van der Waals surface area contributed by atoms with Gasteiger partial charge in [0.2, 0.25) is 5.91 Å². The number of alkyl halides is 2. The second-order valence-electron chi connectivity index (χ2n) is 2.65. The summed E-state index contributed by atoms with van der Waals surface area (Å²) in [5, 5.41) is 4.68. The highest BCUT2D eigenvalue weighted by Crippen LogP contribution is 2.21. The number of nitrogens with one attached hydrogen (secondary N) is 2. The Balaban J connectivity index is 0.00000121. The van der Waals surface area contributed by atoms with Crippen molar-refractivity contribution in [1.29, 1.82) is 0 Å². The van der Waals surface area contributed by atoms with E-state index in [0.717, 1.165) is 0 Å². The highest BCUT2D eigenvalue weighted by Gasteiger charge is 2.44. The van der Waals surface area contributed by atoms with Crippen LogP contribution in [0.5, 0.6) is 0 Å². The van der Waals surface area contributed by atoms with E-state index in [1.54, 1.807) is 0 Å². The fourth-order valence-corrected chi connectivity index (χ4v) is 1.06. The van der Waals surface area contributed by atoms with Crippen molar-refractivity contribution in [3.63, 3.8) is 0 Å². The fraction of sp³-hybridized carbons (Fsp3) is 0.833. The van der Waals surface area contributed by atoms with Crippen molar-refractivity contribution in [1.82, 2.24) is 10.6 Å². The van der Waals surface area contributed by atoms with E-state index < -0.39 is 17.9 Å². The fourth-order valence-electron chi connectivity index (χ4n) is 1.06. The standard InChI is InChI=1S/C6H10F2N2O.ClH/c1-4(11)10-5-2-9-3-6(5,7)8;/h5,9H,2-3H2,1H3,(H,10,11);1H. The summed E-state index contributed by atoms with van der Waals surface area (Å²) < 4.78 is 25.4. The number of rotatable bonds is 1. The molecule has 2 N–H and O–H groups in total. The Hall–Kier alpha value is -0.420. The van der Waals surface area contributed by atoms with Crippen molar-refractivity contribution in [2.45, 2.75) is 18.9 Å². The Labute approximate surface area is 75.3 Å². The lowest BCUT2D eigenvalue weighted by atomic mass is 10.2. The summed E-state index contributed by atoms with van der Waals surface area (Å²) >= 11 is 0. The van der Waals surface area contributed by atoms with Gasteiger partial charge in [-0.05, 0) is 0 Å². The first-order valence-electron chi connectivity index (χ1n) is 3.38. The molecule has 72 valence electrons. The number of carbonyl (C=O) groups is 1. The average Bonchev–Trinajstić information content (AvgIpc) is 2.10. The van der Waals surface area contributed by atoms with Crippen LogP contribution in [0.1, 0.15) is 6.92 Å². The number of carbonyl (C=O) groups excluding carboxylic acids is 1. The molecule has 6 heteroatoms. The van der Waals surface area contributed by atoms with Crippen LogP contribution in [0.15, 0.2) is 0 Å². The van der Waals surface area contributed by atoms with Gasteiger partial charge in [-0.25, -0.2) is 8.78 Å². The third-order valence-corrected chi connectivity index (χ3v) is 1.60. The molecule has 1 aliphatic heterocycles. The second-order valence-corrected chi connectivity index (χ2v) is 2.65. The molecule has 1 aliphatic rings. The van der Waals surface area contributed by atoms with E-state index in [9.17, 15) is 13.6 Å². The van der Waals surface area contributed by atoms with E-state index in [4.69, 9.17) is 0 Å². The molecule has 1 fully saturated rings. The van der Waals surface area contributed by atoms with Gasteiger partial charge < -0.3 is 10.6 Å². The highest BCUT2D eigenvalue weighted by atomic mass is 35.5. The van der Waals surface area contributed by atoms with Gasteiger partial charge in [0.1, 0.15) is 6.04 Å². The van der Waals surface area contributed by atoms with E-state index >= 15 is 0 Å². The summed E-state index contributed by atoms with van der Waals surface area (Å²) in [7, 11) is 0. The van der Waals surface area contributed by atoms with Gasteiger partial charge in [0.15, 0.2) is 0 Å². The molecule has 1 rings (SSSR count). The minimum absolute atomic E-state index is 0. The maximum atomic E-state index is 12.7. The van der Waals surface area contributed by atoms with Crippen LogP contribution in [0.4, 0.5) is 8.78 Å². The third kappa shape index (κ3) is 2.57. The first-order valence-corrected chi connectivity index (χ1v) is 3.38. The normalized spacial score (nSPS) is 26.1. The molecule has 0 aromatic rings. The van der Waals surface area contributed by atoms with Gasteiger partial charge in [0.25, 0.3) is 5.92 Å². The maximum Gasteiger partial charge on any atom is 0.281 e. The van der Waals surface area contributed by atoms with E-state index in [1.807, 2.05) is 0 Å². The van der Waals surface area contributed by atoms with Crippen LogP contribution in [0.25, 0.3) is 0 Å². The lowest BCUT2D eigenvalue weighted by Crippen LogP contribution is -2.45. The summed E-state index contributed by atoms with van der Waals surface area (Å²) in [6.45, 7) is 1.03. The zero-order valence-corrected chi connectivity index (χ0v) is 7.38. The van der Waals surface area contributed by atoms with Crippen molar-refractivity contribution < 1.29 is 13.6 Å². The van der Waals surface area contributed by atoms with Gasteiger partial charge in [0, 0.05) is 13.5 Å². The zero-order chi connectivity index (χ0) is 8.48. The molecule has 0 saturated carbocycles. The molecule has 0 spiro atoms. The number of halogens is 3. The summed E-state index contributed by atoms with van der Waals surface area (Å²) in [6, 6.07) is -1.04. The van der Waals surface area contributed by atoms with Crippen molar-refractivity contribution in [2.75, 3.05) is 13.1 Å². The molecule has 3 nitrogen and oxygen atoms in total. The van der Waals surface area contributed by atoms with Gasteiger partial charge >= 0.3 is 0 Å². The van der Waals surface area contributed by atoms with E-state index in [1.165, 1.54) is 6.92 Å². The number of hydrogen-bond acceptors (Lipinski definition) is 2. The molecule has 0 aromatic heterocycles. The Morgan fingerprint density at radius 3 is 2.58 bits per heavy atom. The molecule has 0 radical (unpaired) electrons. The third-order valence-electron chi connectivity index (χ3n) is 1.60. The lowest BCUT2D eigenvalue weighted by Gasteiger charge is -2.17. The largest absolute Gasteiger partial charge is 0.346 e. The summed E-state index contributed by atoms with van der Waals surface area (Å²) in [4.78, 5) is 10.4. The van der Waals surface area contributed by atoms with Crippen LogP contribution >= 0.6 is 12.4 Å². The predicted molar refractivity (Wildman–Crippen MR) is 42.7 cm³/mol. The SMILES string of the molecule is CC(=O)NC1CNCC1(F)F.Cl. The van der Waals surface area contributed by atoms with E-state index in [0.29, 0.717) is 0 Å². The van der Waals surface area contributed by atoms with Crippen molar-refractivity contribution in [3.05, 3.63) is 0 Å². The number of hydrogen-bond donors (Lipinski definition) is 2. The Bertz CT molecular complexity index is 177. The first-order chi connectivity index (χ1) is 5.02. The predicted octanol–water partition coefficient (Wildman–Crippen LogP) is 0.151. The number of amides is 1. The van der Waals surface area contributed by atoms with Crippen molar-refractivity contribution in [3.8, 4) is 0 Å². The van der Waals surface area contributed by atoms with Crippen molar-refractivity contribution >= 4 is 18.3 Å². The van der Waals surface area contributed by atoms with Gasteiger partial charge in [-0.3, -0.25) is 4.79 Å². The molecule has 0 bridgehead atoms. The van der Waals surface area contributed by atoms with Crippen LogP contribution in [0.3, 0.4) is 0 Å². The minimum Gasteiger partial charge on any atom is -0.346 e. The van der Waals surface area contributed by atoms with Crippen LogP contribution in [0, 0.1) is 0 Å². The Morgan fingerprint density at radius 1 is 1.67 bits per heavy atom. The molecule has 1 atom stereocenters. The van der Waals surface area contributed by atoms with Crippen LogP contribution in [0.2, 0.25) is 0 Å². The van der Waals surface area contributed by atoms with Crippen LogP contribution < -0.4 is 10.6 Å². The first kappa shape index (κ1) is 11.6. The van der Waals surface area contributed by atoms with Crippen LogP contribution in [-0.4, -0.2) is 31.0 Å². The highest BCUT2D eigenvalue weighted by molar-refractivity contribution is 5.85. The topological polar surface area (TPSA) is 41.1 Å². The average molecular weight is 201 g/mol. The molecule has 1 unspecified atom stereocenters. The van der Waals surface area contributed by atoms with Gasteiger partial charge in [-0.15, -0.1) is 12.4 Å². The van der Waals surface area contributed by atoms with E-state index in [2.05, 4.69) is 10.6 Å². The van der Waals surface area contributed by atoms with Crippen molar-refractivity contribution in [2.24, 2.45) is 0 Å². The molecular weight excluding hydrogens is 190 g/mol. The van der Waals surface area contributed by atoms with Gasteiger partial charge in [0.05, 0.1) is 6.54 Å². The van der Waals surface area contributed by atoms with Crippen LogP contribution in [-0.2, 0) is 4.79 Å². The van der Waals surface area contributed by atoms with E-state index in [-0.39, 0.29) is 25.5 Å². The molecule has 0 aromatic carbocycles. The van der Waals surface area contributed by atoms with Gasteiger partial charge in [-0.1, -0.05) is 0 Å². The second kappa shape index (κ2) is 4.00. The maximum absolute atomic E-state index is 12.7. The monoisotopic (exact) mass is 200 g/mol. The summed E-state index contributed by atoms with van der Waals surface area (Å²) in [6.07, 6.45) is 0. The Morgan fingerprint density at radius 2 is 2.25 bits per heavy atom. The Kier molecular flexibility index (Phi) is 3.86. The summed E-state index contributed by atoms with van der Waals surface area (Å²) in [5.41, 5.74) is 0. The quantitative estimate of drug-likeness (QED) is 0.633. The smallest absolute Gasteiger partial charge is 0.281 e. The zero-order valence-electron chi connectivity index (χ0n) is 6.56. The molecule has 0 aliphatic carbocycles. The summed E-state index contributed by atoms with van der Waals surface area (Å²) in [5.74, 6) is -3.22. The molecule has 12 heavy (non-hydrogen) atoms. The minimum atomic E-state index is -2.80. The molecular formula is C6H11ClF2N2O. The lowest BCUT2D eigenvalue weighted by molar-refractivity contribution is -0.122. The molecule has 1 heterocycles. The molecule has 1 amide bonds. The molecule has 1 saturated heterocycles. The van der Waals surface area contributed by atoms with Gasteiger partial charge in [-0.2, -0.15) is 0 Å².